The van der Waals surface area contributed by atoms with Crippen LogP contribution >= 0.6 is 0 Å². The van der Waals surface area contributed by atoms with E-state index in [0.29, 0.717) is 6.54 Å². The first-order valence-corrected chi connectivity index (χ1v) is 5.05. The van der Waals surface area contributed by atoms with E-state index in [-0.39, 0.29) is 0 Å². The highest BCUT2D eigenvalue weighted by molar-refractivity contribution is 5.59. The molecule has 0 radical (unpaired) electrons. The third-order valence-electron chi connectivity index (χ3n) is 2.54. The van der Waals surface area contributed by atoms with Crippen molar-refractivity contribution in [2.24, 2.45) is 5.73 Å². The van der Waals surface area contributed by atoms with Crippen molar-refractivity contribution in [1.29, 1.82) is 0 Å². The fourth-order valence-electron chi connectivity index (χ4n) is 1.70. The maximum absolute atomic E-state index is 5.62. The van der Waals surface area contributed by atoms with Gasteiger partial charge in [-0.1, -0.05) is 0 Å². The molecule has 0 saturated carbocycles. The molecule has 3 heterocycles. The minimum atomic E-state index is 0.435. The molecule has 5 heteroatoms. The summed E-state index contributed by atoms with van der Waals surface area (Å²) >= 11 is 0. The van der Waals surface area contributed by atoms with Crippen LogP contribution in [0.1, 0.15) is 5.69 Å². The van der Waals surface area contributed by atoms with Crippen LogP contribution in [0.5, 0.6) is 0 Å². The molecule has 0 aromatic carbocycles. The number of aromatic nitrogens is 4. The smallest absolute Gasteiger partial charge is 0.153 e. The molecule has 3 rings (SSSR count). The molecule has 0 bridgehead atoms. The minimum Gasteiger partial charge on any atom is -0.367 e. The molecule has 0 saturated heterocycles. The number of nitrogens with zero attached hydrogens (tertiary/aromatic N) is 3. The van der Waals surface area contributed by atoms with Crippen LogP contribution < -0.4 is 5.73 Å². The molecular weight excluding hydrogens is 202 g/mol. The maximum Gasteiger partial charge on any atom is 0.153 e. The monoisotopic (exact) mass is 213 g/mol. The second kappa shape index (κ2) is 3.46. The van der Waals surface area contributed by atoms with Gasteiger partial charge < -0.3 is 10.7 Å². The highest BCUT2D eigenvalue weighted by Gasteiger charge is 2.05. The van der Waals surface area contributed by atoms with Gasteiger partial charge in [0.05, 0.1) is 17.6 Å². The second-order valence-corrected chi connectivity index (χ2v) is 3.54. The summed E-state index contributed by atoms with van der Waals surface area (Å²) in [6.07, 6.45) is 5.54. The van der Waals surface area contributed by atoms with Crippen molar-refractivity contribution in [3.8, 4) is 11.3 Å². The highest BCUT2D eigenvalue weighted by Crippen LogP contribution is 2.16. The standard InChI is InChI=1S/C11H11N5/c12-5-9-7-14-11-2-1-10(15-16(9)11)8-3-4-13-6-8/h1-4,6-7,13H,5,12H2. The summed E-state index contributed by atoms with van der Waals surface area (Å²) in [6.45, 7) is 0.435. The normalized spacial score (nSPS) is 11.1. The minimum absolute atomic E-state index is 0.435. The van der Waals surface area contributed by atoms with Gasteiger partial charge in [-0.2, -0.15) is 5.10 Å². The van der Waals surface area contributed by atoms with Gasteiger partial charge in [0.2, 0.25) is 0 Å². The van der Waals surface area contributed by atoms with Crippen molar-refractivity contribution in [2.75, 3.05) is 0 Å². The van der Waals surface area contributed by atoms with Crippen molar-refractivity contribution in [1.82, 2.24) is 19.6 Å². The Kier molecular flexibility index (Phi) is 1.97. The van der Waals surface area contributed by atoms with Gasteiger partial charge in [-0.3, -0.25) is 0 Å². The van der Waals surface area contributed by atoms with Crippen LogP contribution in [-0.4, -0.2) is 19.6 Å². The number of hydrogen-bond donors (Lipinski definition) is 2. The number of hydrogen-bond acceptors (Lipinski definition) is 3. The van der Waals surface area contributed by atoms with Crippen molar-refractivity contribution in [3.05, 3.63) is 42.5 Å². The molecule has 0 spiro atoms. The fourth-order valence-corrected chi connectivity index (χ4v) is 1.70. The Labute approximate surface area is 91.9 Å². The number of aromatic amines is 1. The van der Waals surface area contributed by atoms with Gasteiger partial charge in [0.25, 0.3) is 0 Å². The molecule has 3 N–H and O–H groups in total. The SMILES string of the molecule is NCc1cnc2ccc(-c3cc[nH]c3)nn12. The number of fused-ring (bicyclic) bond motifs is 1. The molecule has 0 fully saturated rings. The summed E-state index contributed by atoms with van der Waals surface area (Å²) in [4.78, 5) is 7.23. The van der Waals surface area contributed by atoms with Crippen molar-refractivity contribution in [3.63, 3.8) is 0 Å². The maximum atomic E-state index is 5.62. The zero-order valence-electron chi connectivity index (χ0n) is 8.59. The molecule has 5 nitrogen and oxygen atoms in total. The number of H-pyrrole nitrogens is 1. The Bertz CT molecular complexity index is 608. The average molecular weight is 213 g/mol. The molecule has 0 aliphatic rings. The summed E-state index contributed by atoms with van der Waals surface area (Å²) in [6, 6.07) is 5.87. The number of rotatable bonds is 2. The van der Waals surface area contributed by atoms with Gasteiger partial charge in [0, 0.05) is 24.5 Å². The highest BCUT2D eigenvalue weighted by atomic mass is 15.3. The predicted molar refractivity (Wildman–Crippen MR) is 60.7 cm³/mol. The first-order chi connectivity index (χ1) is 7.88. The molecule has 0 amide bonds. The quantitative estimate of drug-likeness (QED) is 0.671. The summed E-state index contributed by atoms with van der Waals surface area (Å²) in [5, 5.41) is 4.50. The summed E-state index contributed by atoms with van der Waals surface area (Å²) in [7, 11) is 0. The molecule has 3 aromatic heterocycles. The molecule has 0 atom stereocenters. The van der Waals surface area contributed by atoms with Crippen LogP contribution in [0.15, 0.2) is 36.8 Å². The molecule has 0 aliphatic carbocycles. The summed E-state index contributed by atoms with van der Waals surface area (Å²) < 4.78 is 1.78. The van der Waals surface area contributed by atoms with Crippen LogP contribution in [0.4, 0.5) is 0 Å². The van der Waals surface area contributed by atoms with Crippen molar-refractivity contribution < 1.29 is 0 Å². The van der Waals surface area contributed by atoms with Crippen LogP contribution in [-0.2, 0) is 6.54 Å². The summed E-state index contributed by atoms with van der Waals surface area (Å²) in [5.74, 6) is 0. The van der Waals surface area contributed by atoms with Gasteiger partial charge in [-0.05, 0) is 18.2 Å². The lowest BCUT2D eigenvalue weighted by molar-refractivity contribution is 0.850. The Hall–Kier alpha value is -2.14. The number of nitrogens with one attached hydrogen (secondary N) is 1. The van der Waals surface area contributed by atoms with E-state index < -0.39 is 0 Å². The third-order valence-corrected chi connectivity index (χ3v) is 2.54. The van der Waals surface area contributed by atoms with E-state index in [9.17, 15) is 0 Å². The lowest BCUT2D eigenvalue weighted by Gasteiger charge is -2.00. The van der Waals surface area contributed by atoms with Gasteiger partial charge in [-0.25, -0.2) is 9.50 Å². The van der Waals surface area contributed by atoms with E-state index in [1.807, 2.05) is 30.6 Å². The van der Waals surface area contributed by atoms with Crippen LogP contribution in [0, 0.1) is 0 Å². The van der Waals surface area contributed by atoms with Crippen LogP contribution in [0.25, 0.3) is 16.9 Å². The first-order valence-electron chi connectivity index (χ1n) is 5.05. The summed E-state index contributed by atoms with van der Waals surface area (Å²) in [5.41, 5.74) is 9.31. The Morgan fingerprint density at radius 3 is 3.00 bits per heavy atom. The Morgan fingerprint density at radius 1 is 1.31 bits per heavy atom. The fraction of sp³-hybridized carbons (Fsp3) is 0.0909. The molecular formula is C11H11N5. The molecule has 0 aliphatic heterocycles. The van der Waals surface area contributed by atoms with E-state index in [1.165, 1.54) is 0 Å². The zero-order valence-corrected chi connectivity index (χ0v) is 8.59. The van der Waals surface area contributed by atoms with Crippen molar-refractivity contribution in [2.45, 2.75) is 6.54 Å². The van der Waals surface area contributed by atoms with Gasteiger partial charge in [0.1, 0.15) is 0 Å². The largest absolute Gasteiger partial charge is 0.367 e. The molecule has 3 aromatic rings. The lowest BCUT2D eigenvalue weighted by atomic mass is 10.2. The lowest BCUT2D eigenvalue weighted by Crippen LogP contribution is -2.03. The van der Waals surface area contributed by atoms with Crippen molar-refractivity contribution >= 4 is 5.65 Å². The Morgan fingerprint density at radius 2 is 2.25 bits per heavy atom. The van der Waals surface area contributed by atoms with Crippen LogP contribution in [0.2, 0.25) is 0 Å². The molecule has 0 unspecified atom stereocenters. The van der Waals surface area contributed by atoms with Gasteiger partial charge >= 0.3 is 0 Å². The van der Waals surface area contributed by atoms with E-state index >= 15 is 0 Å². The number of nitrogens with two attached hydrogens (primary N) is 1. The topological polar surface area (TPSA) is 72.0 Å². The van der Waals surface area contributed by atoms with Crippen LogP contribution in [0.3, 0.4) is 0 Å². The zero-order chi connectivity index (χ0) is 11.0. The van der Waals surface area contributed by atoms with Gasteiger partial charge in [0.15, 0.2) is 5.65 Å². The predicted octanol–water partition coefficient (Wildman–Crippen LogP) is 1.18. The first kappa shape index (κ1) is 9.11. The third kappa shape index (κ3) is 1.30. The van der Waals surface area contributed by atoms with E-state index in [2.05, 4.69) is 15.1 Å². The second-order valence-electron chi connectivity index (χ2n) is 3.54. The molecule has 16 heavy (non-hydrogen) atoms. The molecule has 80 valence electrons. The van der Waals surface area contributed by atoms with E-state index in [4.69, 9.17) is 5.73 Å². The average Bonchev–Trinajstić information content (AvgIpc) is 2.97. The van der Waals surface area contributed by atoms with E-state index in [0.717, 1.165) is 22.6 Å². The Balaban J connectivity index is 2.21. The number of imidazole rings is 1. The van der Waals surface area contributed by atoms with E-state index in [1.54, 1.807) is 10.7 Å². The van der Waals surface area contributed by atoms with Gasteiger partial charge in [-0.15, -0.1) is 0 Å².